The van der Waals surface area contributed by atoms with Gasteiger partial charge in [-0.25, -0.2) is 4.79 Å². The van der Waals surface area contributed by atoms with Gasteiger partial charge in [0, 0.05) is 17.7 Å². The molecule has 5 heteroatoms. The lowest BCUT2D eigenvalue weighted by Gasteiger charge is -2.30. The predicted octanol–water partition coefficient (Wildman–Crippen LogP) is 1.54. The number of aromatic amines is 1. The largest absolute Gasteiger partial charge is 0.477 e. The van der Waals surface area contributed by atoms with Crippen molar-refractivity contribution in [3.8, 4) is 0 Å². The van der Waals surface area contributed by atoms with Crippen molar-refractivity contribution in [1.29, 1.82) is 0 Å². The maximum atomic E-state index is 12.1. The second-order valence-electron chi connectivity index (χ2n) is 5.55. The molecule has 0 aromatic carbocycles. The summed E-state index contributed by atoms with van der Waals surface area (Å²) in [6.07, 6.45) is 0.940. The van der Waals surface area contributed by atoms with Gasteiger partial charge in [0.05, 0.1) is 0 Å². The number of H-pyrrole nitrogens is 1. The number of carbonyl (C=O) groups excluding carboxylic acids is 1. The quantitative estimate of drug-likeness (QED) is 0.790. The van der Waals surface area contributed by atoms with Gasteiger partial charge in [0.1, 0.15) is 5.56 Å². The van der Waals surface area contributed by atoms with Crippen LogP contribution in [0.5, 0.6) is 0 Å². The van der Waals surface area contributed by atoms with Gasteiger partial charge < -0.3 is 10.1 Å². The number of aromatic nitrogens is 1. The van der Waals surface area contributed by atoms with E-state index in [0.717, 1.165) is 0 Å². The molecule has 1 aliphatic rings. The number of aromatic carboxylic acids is 1. The second-order valence-corrected chi connectivity index (χ2v) is 5.55. The second kappa shape index (κ2) is 3.80. The van der Waals surface area contributed by atoms with E-state index in [1.807, 2.05) is 13.8 Å². The molecular weight excluding hydrogens is 234 g/mol. The zero-order chi connectivity index (χ0) is 13.7. The highest BCUT2D eigenvalue weighted by Gasteiger charge is 2.34. The highest BCUT2D eigenvalue weighted by atomic mass is 16.4. The van der Waals surface area contributed by atoms with Crippen LogP contribution in [-0.2, 0) is 6.42 Å². The first-order valence-corrected chi connectivity index (χ1v) is 5.75. The van der Waals surface area contributed by atoms with Gasteiger partial charge in [-0.3, -0.25) is 9.59 Å². The molecular formula is C13H15NO4. The molecule has 0 amide bonds. The molecule has 0 saturated carbocycles. The molecule has 0 aliphatic heterocycles. The smallest absolute Gasteiger partial charge is 0.341 e. The van der Waals surface area contributed by atoms with Crippen LogP contribution in [0.3, 0.4) is 0 Å². The molecule has 18 heavy (non-hydrogen) atoms. The lowest BCUT2D eigenvalue weighted by Crippen LogP contribution is -2.33. The molecule has 0 radical (unpaired) electrons. The number of nitrogens with one attached hydrogen (secondary N) is 1. The van der Waals surface area contributed by atoms with Crippen LogP contribution in [0.2, 0.25) is 0 Å². The first-order valence-electron chi connectivity index (χ1n) is 5.75. The monoisotopic (exact) mass is 249 g/mol. The molecule has 1 heterocycles. The summed E-state index contributed by atoms with van der Waals surface area (Å²) in [6.45, 7) is 5.42. The Morgan fingerprint density at radius 1 is 1.28 bits per heavy atom. The predicted molar refractivity (Wildman–Crippen MR) is 65.2 cm³/mol. The van der Waals surface area contributed by atoms with E-state index in [0.29, 0.717) is 24.1 Å². The van der Waals surface area contributed by atoms with Gasteiger partial charge in [0.15, 0.2) is 5.78 Å². The molecule has 5 nitrogen and oxygen atoms in total. The number of Topliss-reactive ketones (excluding diaryl/α,β-unsaturated/α-hetero) is 1. The van der Waals surface area contributed by atoms with Gasteiger partial charge in [-0.1, -0.05) is 13.8 Å². The maximum Gasteiger partial charge on any atom is 0.341 e. The van der Waals surface area contributed by atoms with Gasteiger partial charge in [0.2, 0.25) is 0 Å². The van der Waals surface area contributed by atoms with E-state index in [-0.39, 0.29) is 22.3 Å². The average Bonchev–Trinajstić information content (AvgIpc) is 2.11. The van der Waals surface area contributed by atoms with Gasteiger partial charge in [-0.05, 0) is 24.3 Å². The summed E-state index contributed by atoms with van der Waals surface area (Å²) in [4.78, 5) is 37.4. The van der Waals surface area contributed by atoms with E-state index in [2.05, 4.69) is 4.98 Å². The summed E-state index contributed by atoms with van der Waals surface area (Å²) in [7, 11) is 0. The van der Waals surface area contributed by atoms with E-state index in [9.17, 15) is 14.4 Å². The molecule has 0 fully saturated rings. The first-order chi connectivity index (χ1) is 8.23. The Morgan fingerprint density at radius 2 is 1.89 bits per heavy atom. The van der Waals surface area contributed by atoms with Crippen molar-refractivity contribution in [2.45, 2.75) is 33.6 Å². The summed E-state index contributed by atoms with van der Waals surface area (Å²) >= 11 is 0. The number of carboxylic acid groups (broad SMARTS) is 1. The van der Waals surface area contributed by atoms with Crippen molar-refractivity contribution in [3.63, 3.8) is 0 Å². The van der Waals surface area contributed by atoms with Gasteiger partial charge >= 0.3 is 5.97 Å². The highest BCUT2D eigenvalue weighted by Crippen LogP contribution is 2.34. The molecule has 2 rings (SSSR count). The van der Waals surface area contributed by atoms with Crippen LogP contribution in [0.25, 0.3) is 0 Å². The molecule has 0 saturated heterocycles. The standard InChI is InChI=1S/C13H15NO4/c1-6-9-7(4-13(2,3)5-8(9)15)14-11(16)10(6)12(17)18/h4-5H2,1-3H3,(H,14,16)(H,17,18). The molecule has 1 aromatic rings. The van der Waals surface area contributed by atoms with Crippen LogP contribution in [0, 0.1) is 12.3 Å². The number of hydrogen-bond acceptors (Lipinski definition) is 3. The molecule has 0 atom stereocenters. The molecule has 0 bridgehead atoms. The van der Waals surface area contributed by atoms with E-state index in [1.54, 1.807) is 0 Å². The molecule has 2 N–H and O–H groups in total. The third kappa shape index (κ3) is 1.85. The van der Waals surface area contributed by atoms with Gasteiger partial charge in [-0.2, -0.15) is 0 Å². The summed E-state index contributed by atoms with van der Waals surface area (Å²) in [6, 6.07) is 0. The Bertz CT molecular complexity index is 610. The fourth-order valence-corrected chi connectivity index (χ4v) is 2.62. The average molecular weight is 249 g/mol. The third-order valence-electron chi connectivity index (χ3n) is 3.33. The Labute approximate surface area is 104 Å². The maximum absolute atomic E-state index is 12.1. The molecule has 1 aliphatic carbocycles. The van der Waals surface area contributed by atoms with E-state index in [1.165, 1.54) is 6.92 Å². The Balaban J connectivity index is 2.75. The van der Waals surface area contributed by atoms with Crippen LogP contribution in [-0.4, -0.2) is 21.8 Å². The van der Waals surface area contributed by atoms with Crippen molar-refractivity contribution in [1.82, 2.24) is 4.98 Å². The van der Waals surface area contributed by atoms with Crippen molar-refractivity contribution in [2.75, 3.05) is 0 Å². The van der Waals surface area contributed by atoms with Crippen LogP contribution in [0.1, 0.15) is 52.2 Å². The Kier molecular flexibility index (Phi) is 2.65. The number of carbonyl (C=O) groups is 2. The van der Waals surface area contributed by atoms with Crippen molar-refractivity contribution in [3.05, 3.63) is 32.7 Å². The summed E-state index contributed by atoms with van der Waals surface area (Å²) in [5.41, 5.74) is 0.0485. The minimum atomic E-state index is -1.30. The van der Waals surface area contributed by atoms with E-state index in [4.69, 9.17) is 5.11 Å². The van der Waals surface area contributed by atoms with Gasteiger partial charge in [0.25, 0.3) is 5.56 Å². The summed E-state index contributed by atoms with van der Waals surface area (Å²) in [5.74, 6) is -1.40. The zero-order valence-corrected chi connectivity index (χ0v) is 10.6. The lowest BCUT2D eigenvalue weighted by atomic mass is 9.74. The Hall–Kier alpha value is -1.91. The minimum absolute atomic E-state index is 0.0995. The fraction of sp³-hybridized carbons (Fsp3) is 0.462. The van der Waals surface area contributed by atoms with Crippen LogP contribution in [0.15, 0.2) is 4.79 Å². The van der Waals surface area contributed by atoms with Crippen LogP contribution in [0.4, 0.5) is 0 Å². The number of ketones is 1. The third-order valence-corrected chi connectivity index (χ3v) is 3.33. The first kappa shape index (κ1) is 12.5. The highest BCUT2D eigenvalue weighted by molar-refractivity contribution is 6.02. The SMILES string of the molecule is Cc1c2c([nH]c(=O)c1C(=O)O)CC(C)(C)CC2=O. The number of carboxylic acids is 1. The van der Waals surface area contributed by atoms with Crippen molar-refractivity contribution in [2.24, 2.45) is 5.41 Å². The number of hydrogen-bond donors (Lipinski definition) is 2. The topological polar surface area (TPSA) is 87.2 Å². The normalized spacial score (nSPS) is 17.4. The Morgan fingerprint density at radius 3 is 2.44 bits per heavy atom. The zero-order valence-electron chi connectivity index (χ0n) is 10.6. The van der Waals surface area contributed by atoms with Crippen LogP contribution < -0.4 is 5.56 Å². The summed E-state index contributed by atoms with van der Waals surface area (Å²) in [5, 5.41) is 9.01. The molecule has 96 valence electrons. The van der Waals surface area contributed by atoms with Crippen LogP contribution >= 0.6 is 0 Å². The lowest BCUT2D eigenvalue weighted by molar-refractivity contribution is 0.0694. The number of fused-ring (bicyclic) bond motifs is 1. The van der Waals surface area contributed by atoms with Crippen molar-refractivity contribution < 1.29 is 14.7 Å². The van der Waals surface area contributed by atoms with Gasteiger partial charge in [-0.15, -0.1) is 0 Å². The molecule has 1 aromatic heterocycles. The molecule has 0 spiro atoms. The van der Waals surface area contributed by atoms with E-state index < -0.39 is 11.5 Å². The van der Waals surface area contributed by atoms with Crippen molar-refractivity contribution >= 4 is 11.8 Å². The number of rotatable bonds is 1. The number of pyridine rings is 1. The fourth-order valence-electron chi connectivity index (χ4n) is 2.62. The molecule has 0 unspecified atom stereocenters. The summed E-state index contributed by atoms with van der Waals surface area (Å²) < 4.78 is 0. The minimum Gasteiger partial charge on any atom is -0.477 e. The van der Waals surface area contributed by atoms with E-state index >= 15 is 0 Å².